The quantitative estimate of drug-likeness (QED) is 0.383. The summed E-state index contributed by atoms with van der Waals surface area (Å²) in [6, 6.07) is 6.44. The second-order valence-corrected chi connectivity index (χ2v) is 9.01. The van der Waals surface area contributed by atoms with Crippen LogP contribution in [-0.4, -0.2) is 27.5 Å². The zero-order chi connectivity index (χ0) is 20.4. The first-order valence-electron chi connectivity index (χ1n) is 7.36. The number of carbonyl (C=O) groups excluding carboxylic acids is 1. The number of anilines is 1. The van der Waals surface area contributed by atoms with Crippen LogP contribution >= 0.6 is 58.0 Å². The summed E-state index contributed by atoms with van der Waals surface area (Å²) >= 11 is 30.0. The molecule has 11 heteroatoms. The van der Waals surface area contributed by atoms with Crippen LogP contribution in [0.1, 0.15) is 6.92 Å². The molecule has 146 valence electrons. The minimum atomic E-state index is -4.34. The zero-order valence-corrected chi connectivity index (χ0v) is 18.3. The highest BCUT2D eigenvalue weighted by Crippen LogP contribution is 2.38. The molecule has 0 amide bonds. The van der Waals surface area contributed by atoms with Crippen LogP contribution in [0.4, 0.5) is 5.69 Å². The number of hydrogen-bond donors (Lipinski definition) is 0. The van der Waals surface area contributed by atoms with E-state index in [2.05, 4.69) is 0 Å². The molecular weight excluding hydrogens is 480 g/mol. The Labute approximate surface area is 181 Å². The number of esters is 1. The monoisotopic (exact) mass is 489 g/mol. The van der Waals surface area contributed by atoms with E-state index in [1.54, 1.807) is 6.92 Å². The Hall–Kier alpha value is -0.890. The lowest BCUT2D eigenvalue weighted by molar-refractivity contribution is -0.141. The van der Waals surface area contributed by atoms with Gasteiger partial charge in [-0.25, -0.2) is 8.42 Å². The minimum absolute atomic E-state index is 0.0320. The number of halogens is 5. The van der Waals surface area contributed by atoms with Gasteiger partial charge in [0.15, 0.2) is 0 Å². The summed E-state index contributed by atoms with van der Waals surface area (Å²) < 4.78 is 32.1. The van der Waals surface area contributed by atoms with Crippen molar-refractivity contribution >= 4 is 79.7 Å². The molecular formula is C16H12Cl5NO4S. The second kappa shape index (κ2) is 9.07. The Morgan fingerprint density at radius 2 is 1.59 bits per heavy atom. The summed E-state index contributed by atoms with van der Waals surface area (Å²) in [6.07, 6.45) is 0. The van der Waals surface area contributed by atoms with Gasteiger partial charge in [0.05, 0.1) is 32.4 Å². The van der Waals surface area contributed by atoms with E-state index in [0.29, 0.717) is 0 Å². The molecule has 0 atom stereocenters. The van der Waals surface area contributed by atoms with Gasteiger partial charge in [0.25, 0.3) is 10.0 Å². The molecule has 0 aliphatic heterocycles. The van der Waals surface area contributed by atoms with Gasteiger partial charge in [-0.05, 0) is 37.3 Å². The van der Waals surface area contributed by atoms with Crippen LogP contribution in [0.25, 0.3) is 0 Å². The average molecular weight is 492 g/mol. The summed E-state index contributed by atoms with van der Waals surface area (Å²) in [5.41, 5.74) is -0.0600. The smallest absolute Gasteiger partial charge is 0.326 e. The first kappa shape index (κ1) is 22.4. The lowest BCUT2D eigenvalue weighted by Gasteiger charge is -2.25. The molecule has 0 saturated heterocycles. The molecule has 0 aromatic heterocycles. The highest BCUT2D eigenvalue weighted by molar-refractivity contribution is 7.93. The van der Waals surface area contributed by atoms with Crippen LogP contribution in [0.15, 0.2) is 35.2 Å². The molecule has 27 heavy (non-hydrogen) atoms. The summed E-state index contributed by atoms with van der Waals surface area (Å²) in [4.78, 5) is 11.7. The third kappa shape index (κ3) is 5.13. The van der Waals surface area contributed by atoms with E-state index >= 15 is 0 Å². The van der Waals surface area contributed by atoms with Crippen molar-refractivity contribution in [2.24, 2.45) is 0 Å². The van der Waals surface area contributed by atoms with Crippen molar-refractivity contribution < 1.29 is 17.9 Å². The minimum Gasteiger partial charge on any atom is -0.465 e. The third-order valence-corrected chi connectivity index (χ3v) is 6.80. The van der Waals surface area contributed by atoms with E-state index in [-0.39, 0.29) is 42.3 Å². The number of rotatable bonds is 6. The standard InChI is InChI=1S/C16H12Cl5NO4S/c1-2-26-16(23)8-22(14-7-12(20)11(19)6-13(14)21)27(24,25)15-5-9(17)3-4-10(15)18/h3-7H,2,8H2,1H3. The van der Waals surface area contributed by atoms with Crippen LogP contribution in [0, 0.1) is 0 Å². The Kier molecular flexibility index (Phi) is 7.53. The maximum absolute atomic E-state index is 13.2. The molecule has 0 unspecified atom stereocenters. The van der Waals surface area contributed by atoms with E-state index in [1.165, 1.54) is 30.3 Å². The predicted octanol–water partition coefficient (Wildman–Crippen LogP) is 5.71. The molecule has 0 heterocycles. The van der Waals surface area contributed by atoms with Crippen molar-refractivity contribution in [2.45, 2.75) is 11.8 Å². The first-order valence-corrected chi connectivity index (χ1v) is 10.7. The zero-order valence-electron chi connectivity index (χ0n) is 13.7. The highest BCUT2D eigenvalue weighted by Gasteiger charge is 2.31. The van der Waals surface area contributed by atoms with Crippen molar-refractivity contribution in [3.63, 3.8) is 0 Å². The fourth-order valence-electron chi connectivity index (χ4n) is 2.12. The van der Waals surface area contributed by atoms with E-state index in [9.17, 15) is 13.2 Å². The third-order valence-electron chi connectivity index (χ3n) is 3.30. The molecule has 0 aliphatic rings. The Balaban J connectivity index is 2.67. The fraction of sp³-hybridized carbons (Fsp3) is 0.188. The SMILES string of the molecule is CCOC(=O)CN(c1cc(Cl)c(Cl)cc1Cl)S(=O)(=O)c1cc(Cl)ccc1Cl. The number of hydrogen-bond acceptors (Lipinski definition) is 4. The van der Waals surface area contributed by atoms with Crippen molar-refractivity contribution in [1.29, 1.82) is 0 Å². The van der Waals surface area contributed by atoms with Gasteiger partial charge in [0.1, 0.15) is 11.4 Å². The topological polar surface area (TPSA) is 63.7 Å². The Bertz CT molecular complexity index is 981. The van der Waals surface area contributed by atoms with Crippen molar-refractivity contribution in [1.82, 2.24) is 0 Å². The van der Waals surface area contributed by atoms with Crippen molar-refractivity contribution in [3.8, 4) is 0 Å². The van der Waals surface area contributed by atoms with Gasteiger partial charge >= 0.3 is 5.97 Å². The molecule has 0 bridgehead atoms. The first-order chi connectivity index (χ1) is 12.6. The number of benzene rings is 2. The summed E-state index contributed by atoms with van der Waals surface area (Å²) in [7, 11) is -4.34. The maximum atomic E-state index is 13.2. The van der Waals surface area contributed by atoms with Gasteiger partial charge in [0.2, 0.25) is 0 Å². The van der Waals surface area contributed by atoms with Crippen LogP contribution in [0.2, 0.25) is 25.1 Å². The summed E-state index contributed by atoms with van der Waals surface area (Å²) in [5, 5.41) is 0.214. The number of sulfonamides is 1. The molecule has 0 saturated carbocycles. The Morgan fingerprint density at radius 1 is 0.963 bits per heavy atom. The van der Waals surface area contributed by atoms with Gasteiger partial charge in [-0.2, -0.15) is 0 Å². The molecule has 0 radical (unpaired) electrons. The normalized spacial score (nSPS) is 11.3. The maximum Gasteiger partial charge on any atom is 0.326 e. The van der Waals surface area contributed by atoms with Crippen LogP contribution < -0.4 is 4.31 Å². The van der Waals surface area contributed by atoms with Gasteiger partial charge in [-0.3, -0.25) is 9.10 Å². The van der Waals surface area contributed by atoms with Crippen molar-refractivity contribution in [3.05, 3.63) is 55.4 Å². The molecule has 2 aromatic carbocycles. The molecule has 2 aromatic rings. The molecule has 0 spiro atoms. The van der Waals surface area contributed by atoms with Crippen LogP contribution in [0.3, 0.4) is 0 Å². The van der Waals surface area contributed by atoms with Crippen LogP contribution in [-0.2, 0) is 19.6 Å². The number of carbonyl (C=O) groups is 1. The van der Waals surface area contributed by atoms with Gasteiger partial charge in [-0.15, -0.1) is 0 Å². The fourth-order valence-corrected chi connectivity index (χ4v) is 4.97. The molecule has 5 nitrogen and oxygen atoms in total. The Morgan fingerprint density at radius 3 is 2.22 bits per heavy atom. The average Bonchev–Trinajstić information content (AvgIpc) is 2.58. The van der Waals surface area contributed by atoms with E-state index < -0.39 is 22.5 Å². The van der Waals surface area contributed by atoms with Crippen molar-refractivity contribution in [2.75, 3.05) is 17.5 Å². The van der Waals surface area contributed by atoms with E-state index in [0.717, 1.165) is 4.31 Å². The summed E-state index contributed by atoms with van der Waals surface area (Å²) in [5.74, 6) is -0.790. The summed E-state index contributed by atoms with van der Waals surface area (Å²) in [6.45, 7) is 1.01. The molecule has 0 aliphatic carbocycles. The van der Waals surface area contributed by atoms with Crippen LogP contribution in [0.5, 0.6) is 0 Å². The molecule has 0 fully saturated rings. The number of ether oxygens (including phenoxy) is 1. The van der Waals surface area contributed by atoms with Gasteiger partial charge in [0, 0.05) is 5.02 Å². The molecule has 2 rings (SSSR count). The molecule has 0 N–H and O–H groups in total. The lowest BCUT2D eigenvalue weighted by Crippen LogP contribution is -2.37. The lowest BCUT2D eigenvalue weighted by atomic mass is 10.3. The highest BCUT2D eigenvalue weighted by atomic mass is 35.5. The largest absolute Gasteiger partial charge is 0.465 e. The van der Waals surface area contributed by atoms with Gasteiger partial charge in [-0.1, -0.05) is 58.0 Å². The van der Waals surface area contributed by atoms with E-state index in [4.69, 9.17) is 62.7 Å². The van der Waals surface area contributed by atoms with E-state index in [1.807, 2.05) is 0 Å². The predicted molar refractivity (Wildman–Crippen MR) is 109 cm³/mol. The van der Waals surface area contributed by atoms with Gasteiger partial charge < -0.3 is 4.74 Å². The second-order valence-electron chi connectivity index (χ2n) is 5.11. The number of nitrogens with zero attached hydrogens (tertiary/aromatic N) is 1.